The van der Waals surface area contributed by atoms with E-state index in [-0.39, 0.29) is 0 Å². The van der Waals surface area contributed by atoms with Gasteiger partial charge in [0.2, 0.25) is 0 Å². The Hall–Kier alpha value is -1.65. The topological polar surface area (TPSA) is 0 Å². The molecule has 0 aromatic carbocycles. The van der Waals surface area contributed by atoms with Crippen LogP contribution in [0.15, 0.2) is 96.2 Å². The predicted molar refractivity (Wildman–Crippen MR) is 123 cm³/mol. The van der Waals surface area contributed by atoms with Crippen molar-refractivity contribution in [2.24, 2.45) is 0 Å². The molecule has 25 heavy (non-hydrogen) atoms. The minimum atomic E-state index is -2.34. The second kappa shape index (κ2) is 12.7. The molecule has 138 valence electrons. The molecule has 0 saturated carbocycles. The summed E-state index contributed by atoms with van der Waals surface area (Å²) >= 11 is 0. The van der Waals surface area contributed by atoms with Crippen molar-refractivity contribution >= 4 is 7.26 Å². The Morgan fingerprint density at radius 3 is 0.880 bits per heavy atom. The van der Waals surface area contributed by atoms with Crippen LogP contribution in [0.3, 0.4) is 0 Å². The molecule has 0 unspecified atom stereocenters. The molecule has 0 atom stereocenters. The van der Waals surface area contributed by atoms with Gasteiger partial charge in [0.25, 0.3) is 0 Å². The molecule has 0 aliphatic heterocycles. The summed E-state index contributed by atoms with van der Waals surface area (Å²) in [5, 5.41) is 4.96. The summed E-state index contributed by atoms with van der Waals surface area (Å²) in [6.45, 7) is 26.2. The van der Waals surface area contributed by atoms with Gasteiger partial charge in [-0.05, 0) is 0 Å². The van der Waals surface area contributed by atoms with E-state index in [0.29, 0.717) is 0 Å². The van der Waals surface area contributed by atoms with E-state index in [1.54, 1.807) is 0 Å². The summed E-state index contributed by atoms with van der Waals surface area (Å²) in [6.07, 6.45) is 20.5. The molecule has 0 rings (SSSR count). The third-order valence-corrected chi connectivity index (χ3v) is 9.58. The van der Waals surface area contributed by atoms with Crippen LogP contribution < -0.4 is 0 Å². The third-order valence-electron chi connectivity index (χ3n) is 4.52. The van der Waals surface area contributed by atoms with Gasteiger partial charge >= 0.3 is 157 Å². The molecule has 0 bridgehead atoms. The number of allylic oxidation sites excluding steroid dienone is 12. The summed E-state index contributed by atoms with van der Waals surface area (Å²) in [6, 6.07) is 0. The standard InChI is InChI=1S/C24H37P/c1-9-13-17-21(5)25(22(6)18-14-10-2,23(7)19-15-11-3)24(8)20-16-12-4/h9-16,25H,5-8,17-20H2,1-4H3. The molecule has 0 aliphatic carbocycles. The molecule has 0 N–H and O–H groups in total. The molecule has 0 saturated heterocycles. The van der Waals surface area contributed by atoms with Crippen LogP contribution in [0.5, 0.6) is 0 Å². The fraction of sp³-hybridized carbons (Fsp3) is 0.333. The van der Waals surface area contributed by atoms with E-state index in [0.717, 1.165) is 25.7 Å². The van der Waals surface area contributed by atoms with E-state index < -0.39 is 7.26 Å². The molecule has 0 heterocycles. The average molecular weight is 357 g/mol. The van der Waals surface area contributed by atoms with Crippen LogP contribution in [0, 0.1) is 0 Å². The van der Waals surface area contributed by atoms with Crippen molar-refractivity contribution in [3.05, 3.63) is 96.2 Å². The van der Waals surface area contributed by atoms with Crippen molar-refractivity contribution in [1.29, 1.82) is 0 Å². The van der Waals surface area contributed by atoms with Gasteiger partial charge in [-0.3, -0.25) is 0 Å². The average Bonchev–Trinajstić information content (AvgIpc) is 2.61. The Kier molecular flexibility index (Phi) is 11.8. The van der Waals surface area contributed by atoms with Crippen LogP contribution in [-0.2, 0) is 0 Å². The monoisotopic (exact) mass is 356 g/mol. The first-order valence-electron chi connectivity index (χ1n) is 9.10. The van der Waals surface area contributed by atoms with E-state index in [9.17, 15) is 0 Å². The predicted octanol–water partition coefficient (Wildman–Crippen LogP) is 8.66. The van der Waals surface area contributed by atoms with Crippen molar-refractivity contribution in [2.45, 2.75) is 53.4 Å². The summed E-state index contributed by atoms with van der Waals surface area (Å²) in [4.78, 5) is 0. The van der Waals surface area contributed by atoms with Gasteiger partial charge in [-0.25, -0.2) is 0 Å². The molecule has 1 heteroatoms. The SMILES string of the molecule is C=C(CC=CC)[PH](C(=C)CC=CC)(C(=C)CC=CC)C(=C)CC=CC. The van der Waals surface area contributed by atoms with Crippen LogP contribution in [0.25, 0.3) is 0 Å². The Morgan fingerprint density at radius 1 is 0.520 bits per heavy atom. The Morgan fingerprint density at radius 2 is 0.720 bits per heavy atom. The van der Waals surface area contributed by atoms with Gasteiger partial charge in [-0.15, -0.1) is 0 Å². The fourth-order valence-electron chi connectivity index (χ4n) is 3.15. The third kappa shape index (κ3) is 6.29. The molecule has 0 aromatic heterocycles. The molecule has 0 fully saturated rings. The summed E-state index contributed by atoms with van der Waals surface area (Å²) in [7, 11) is -2.34. The minimum absolute atomic E-state index is 0.862. The fourth-order valence-corrected chi connectivity index (χ4v) is 7.85. The van der Waals surface area contributed by atoms with Crippen molar-refractivity contribution in [3.8, 4) is 0 Å². The maximum absolute atomic E-state index is 4.51. The molecule has 0 spiro atoms. The van der Waals surface area contributed by atoms with Crippen LogP contribution in [0.1, 0.15) is 53.4 Å². The van der Waals surface area contributed by atoms with E-state index >= 15 is 0 Å². The number of hydrogen-bond acceptors (Lipinski definition) is 0. The molecule has 0 amide bonds. The molecule has 0 aromatic rings. The van der Waals surface area contributed by atoms with Crippen molar-refractivity contribution in [2.75, 3.05) is 0 Å². The quantitative estimate of drug-likeness (QED) is 0.242. The van der Waals surface area contributed by atoms with Gasteiger partial charge in [0.05, 0.1) is 0 Å². The van der Waals surface area contributed by atoms with Gasteiger partial charge in [0, 0.05) is 0 Å². The maximum atomic E-state index is 4.51. The first-order chi connectivity index (χ1) is 11.9. The molecule has 0 aliphatic rings. The van der Waals surface area contributed by atoms with Crippen molar-refractivity contribution in [3.63, 3.8) is 0 Å². The van der Waals surface area contributed by atoms with Crippen LogP contribution >= 0.6 is 7.26 Å². The van der Waals surface area contributed by atoms with Gasteiger partial charge in [-0.1, -0.05) is 0 Å². The van der Waals surface area contributed by atoms with E-state index in [2.05, 4.69) is 103 Å². The van der Waals surface area contributed by atoms with Gasteiger partial charge in [0.1, 0.15) is 0 Å². The zero-order valence-electron chi connectivity index (χ0n) is 16.8. The van der Waals surface area contributed by atoms with E-state index in [1.165, 1.54) is 21.3 Å². The Balaban J connectivity index is 6.26. The first-order valence-corrected chi connectivity index (χ1v) is 11.1. The molecule has 0 radical (unpaired) electrons. The second-order valence-corrected chi connectivity index (χ2v) is 10.6. The second-order valence-electron chi connectivity index (χ2n) is 6.26. The van der Waals surface area contributed by atoms with Gasteiger partial charge < -0.3 is 0 Å². The number of rotatable bonds is 12. The Bertz CT molecular complexity index is 484. The summed E-state index contributed by atoms with van der Waals surface area (Å²) in [5.74, 6) is 0. The molecular weight excluding hydrogens is 319 g/mol. The van der Waals surface area contributed by atoms with Crippen molar-refractivity contribution < 1.29 is 0 Å². The van der Waals surface area contributed by atoms with Gasteiger partial charge in [0.15, 0.2) is 0 Å². The molecule has 0 nitrogen and oxygen atoms in total. The van der Waals surface area contributed by atoms with Gasteiger partial charge in [-0.2, -0.15) is 0 Å². The molecular formula is C24H37P. The number of hydrogen-bond donors (Lipinski definition) is 0. The summed E-state index contributed by atoms with van der Waals surface area (Å²) < 4.78 is 0. The van der Waals surface area contributed by atoms with Crippen LogP contribution in [-0.4, -0.2) is 0 Å². The van der Waals surface area contributed by atoms with E-state index in [4.69, 9.17) is 0 Å². The zero-order chi connectivity index (χ0) is 19.3. The first kappa shape index (κ1) is 23.4. The van der Waals surface area contributed by atoms with Crippen molar-refractivity contribution in [1.82, 2.24) is 0 Å². The Labute approximate surface area is 157 Å². The van der Waals surface area contributed by atoms with E-state index in [1.807, 2.05) is 0 Å². The van der Waals surface area contributed by atoms with Crippen LogP contribution in [0.4, 0.5) is 0 Å². The zero-order valence-corrected chi connectivity index (χ0v) is 17.8. The van der Waals surface area contributed by atoms with Crippen LogP contribution in [0.2, 0.25) is 0 Å². The summed E-state index contributed by atoms with van der Waals surface area (Å²) in [5.41, 5.74) is 0. The normalized spacial score (nSPS) is 13.3.